The van der Waals surface area contributed by atoms with Gasteiger partial charge in [0.15, 0.2) is 0 Å². The average molecular weight is 299 g/mol. The van der Waals surface area contributed by atoms with Crippen LogP contribution in [0.25, 0.3) is 0 Å². The van der Waals surface area contributed by atoms with Crippen molar-refractivity contribution >= 4 is 27.5 Å². The molecule has 0 radical (unpaired) electrons. The summed E-state index contributed by atoms with van der Waals surface area (Å²) in [6.45, 7) is 1.27. The molecule has 0 saturated carbocycles. The van der Waals surface area contributed by atoms with E-state index in [4.69, 9.17) is 0 Å². The van der Waals surface area contributed by atoms with Crippen molar-refractivity contribution in [3.05, 3.63) is 28.7 Å². The van der Waals surface area contributed by atoms with Crippen LogP contribution >= 0.6 is 15.9 Å². The number of anilines is 1. The minimum atomic E-state index is -0.469. The van der Waals surface area contributed by atoms with Crippen molar-refractivity contribution in [3.8, 4) is 0 Å². The summed E-state index contributed by atoms with van der Waals surface area (Å²) in [6, 6.07) is 7.31. The van der Waals surface area contributed by atoms with Gasteiger partial charge in [-0.3, -0.25) is 4.79 Å². The van der Waals surface area contributed by atoms with Gasteiger partial charge in [0, 0.05) is 30.3 Å². The molecule has 1 fully saturated rings. The lowest BCUT2D eigenvalue weighted by Gasteiger charge is -2.39. The summed E-state index contributed by atoms with van der Waals surface area (Å²) in [5.74, 6) is -0.0290. The number of carbonyl (C=O) groups excluding carboxylic acids is 1. The van der Waals surface area contributed by atoms with Crippen molar-refractivity contribution in [2.24, 2.45) is 0 Å². The van der Waals surface area contributed by atoms with E-state index in [-0.39, 0.29) is 12.5 Å². The molecule has 4 nitrogen and oxygen atoms in total. The number of piperazine rings is 1. The fourth-order valence-corrected chi connectivity index (χ4v) is 2.44. The molecule has 0 spiro atoms. The van der Waals surface area contributed by atoms with Gasteiger partial charge < -0.3 is 14.9 Å². The molecule has 5 heteroatoms. The Hall–Kier alpha value is -1.07. The normalized spacial score (nSPS) is 20.9. The number of hydrogen-bond acceptors (Lipinski definition) is 3. The Labute approximate surface area is 109 Å². The molecule has 17 heavy (non-hydrogen) atoms. The Morgan fingerprint density at radius 2 is 2.24 bits per heavy atom. The SMILES string of the molecule is CN1CCN(c2cccc(Br)c2)C(CO)C1=O. The predicted molar refractivity (Wildman–Crippen MR) is 70.0 cm³/mol. The first-order chi connectivity index (χ1) is 8.13. The first-order valence-electron chi connectivity index (χ1n) is 5.51. The third-order valence-corrected chi connectivity index (χ3v) is 3.52. The minimum absolute atomic E-state index is 0.0290. The largest absolute Gasteiger partial charge is 0.394 e. The first kappa shape index (κ1) is 12.4. The van der Waals surface area contributed by atoms with Crippen LogP contribution in [0, 0.1) is 0 Å². The second kappa shape index (κ2) is 5.06. The van der Waals surface area contributed by atoms with Crippen LogP contribution in [0.5, 0.6) is 0 Å². The fraction of sp³-hybridized carbons (Fsp3) is 0.417. The summed E-state index contributed by atoms with van der Waals surface area (Å²) in [7, 11) is 1.77. The number of likely N-dealkylation sites (N-methyl/N-ethyl adjacent to an activating group) is 1. The van der Waals surface area contributed by atoms with Crippen LogP contribution in [-0.4, -0.2) is 48.7 Å². The maximum absolute atomic E-state index is 11.9. The van der Waals surface area contributed by atoms with Crippen LogP contribution in [0.3, 0.4) is 0 Å². The molecule has 0 aliphatic carbocycles. The predicted octanol–water partition coefficient (Wildman–Crippen LogP) is 1.09. The van der Waals surface area contributed by atoms with Gasteiger partial charge in [0.25, 0.3) is 0 Å². The Morgan fingerprint density at radius 3 is 2.88 bits per heavy atom. The van der Waals surface area contributed by atoms with Crippen molar-refractivity contribution in [2.75, 3.05) is 31.6 Å². The molecule has 1 unspecified atom stereocenters. The van der Waals surface area contributed by atoms with Gasteiger partial charge in [-0.25, -0.2) is 0 Å². The molecule has 0 aromatic heterocycles. The molecule has 1 amide bonds. The zero-order valence-electron chi connectivity index (χ0n) is 9.64. The Morgan fingerprint density at radius 1 is 1.47 bits per heavy atom. The van der Waals surface area contributed by atoms with Crippen LogP contribution in [0.1, 0.15) is 0 Å². The molecule has 1 aliphatic heterocycles. The van der Waals surface area contributed by atoms with E-state index in [0.29, 0.717) is 6.54 Å². The van der Waals surface area contributed by atoms with Gasteiger partial charge in [-0.1, -0.05) is 22.0 Å². The molecule has 1 saturated heterocycles. The van der Waals surface area contributed by atoms with E-state index in [1.807, 2.05) is 29.2 Å². The van der Waals surface area contributed by atoms with E-state index < -0.39 is 6.04 Å². The smallest absolute Gasteiger partial charge is 0.247 e. The Bertz CT molecular complexity index is 425. The fourth-order valence-electron chi connectivity index (χ4n) is 2.05. The van der Waals surface area contributed by atoms with Crippen molar-refractivity contribution in [2.45, 2.75) is 6.04 Å². The number of aliphatic hydroxyl groups excluding tert-OH is 1. The highest BCUT2D eigenvalue weighted by Gasteiger charge is 2.32. The Balaban J connectivity index is 2.28. The summed E-state index contributed by atoms with van der Waals surface area (Å²) in [5.41, 5.74) is 0.958. The molecule has 0 bridgehead atoms. The van der Waals surface area contributed by atoms with E-state index in [9.17, 15) is 9.90 Å². The van der Waals surface area contributed by atoms with Gasteiger partial charge in [0.1, 0.15) is 6.04 Å². The lowest BCUT2D eigenvalue weighted by molar-refractivity contribution is -0.133. The number of carbonyl (C=O) groups is 1. The zero-order chi connectivity index (χ0) is 12.4. The van der Waals surface area contributed by atoms with Crippen LogP contribution in [0.15, 0.2) is 28.7 Å². The number of benzene rings is 1. The highest BCUT2D eigenvalue weighted by atomic mass is 79.9. The summed E-state index contributed by atoms with van der Waals surface area (Å²) in [5, 5.41) is 9.38. The summed E-state index contributed by atoms with van der Waals surface area (Å²) >= 11 is 3.41. The van der Waals surface area contributed by atoms with E-state index >= 15 is 0 Å². The minimum Gasteiger partial charge on any atom is -0.394 e. The molecule has 1 N–H and O–H groups in total. The van der Waals surface area contributed by atoms with Crippen LogP contribution in [0.2, 0.25) is 0 Å². The van der Waals surface area contributed by atoms with E-state index in [0.717, 1.165) is 16.7 Å². The summed E-state index contributed by atoms with van der Waals surface area (Å²) < 4.78 is 0.970. The molecule has 1 aliphatic rings. The molecular formula is C12H15BrN2O2. The van der Waals surface area contributed by atoms with Crippen molar-refractivity contribution < 1.29 is 9.90 Å². The van der Waals surface area contributed by atoms with Gasteiger partial charge in [-0.15, -0.1) is 0 Å². The maximum atomic E-state index is 11.9. The first-order valence-corrected chi connectivity index (χ1v) is 6.31. The summed E-state index contributed by atoms with van der Waals surface area (Å²) in [6.07, 6.45) is 0. The van der Waals surface area contributed by atoms with Crippen LogP contribution in [-0.2, 0) is 4.79 Å². The average Bonchev–Trinajstić information content (AvgIpc) is 2.32. The molecule has 1 atom stereocenters. The number of rotatable bonds is 2. The molecule has 2 rings (SSSR count). The van der Waals surface area contributed by atoms with Crippen molar-refractivity contribution in [3.63, 3.8) is 0 Å². The number of hydrogen-bond donors (Lipinski definition) is 1. The lowest BCUT2D eigenvalue weighted by atomic mass is 10.1. The second-order valence-electron chi connectivity index (χ2n) is 4.13. The summed E-state index contributed by atoms with van der Waals surface area (Å²) in [4.78, 5) is 15.6. The number of nitrogens with zero attached hydrogens (tertiary/aromatic N) is 2. The van der Waals surface area contributed by atoms with Gasteiger partial charge >= 0.3 is 0 Å². The molecular weight excluding hydrogens is 284 g/mol. The van der Waals surface area contributed by atoms with Gasteiger partial charge in [-0.05, 0) is 18.2 Å². The van der Waals surface area contributed by atoms with Crippen LogP contribution in [0.4, 0.5) is 5.69 Å². The molecule has 1 aromatic rings. The molecule has 92 valence electrons. The Kier molecular flexibility index (Phi) is 3.69. The molecule has 1 aromatic carbocycles. The van der Waals surface area contributed by atoms with E-state index in [1.165, 1.54) is 0 Å². The van der Waals surface area contributed by atoms with Crippen molar-refractivity contribution in [1.29, 1.82) is 0 Å². The highest BCUT2D eigenvalue weighted by molar-refractivity contribution is 9.10. The molecule has 1 heterocycles. The van der Waals surface area contributed by atoms with E-state index in [2.05, 4.69) is 15.9 Å². The quantitative estimate of drug-likeness (QED) is 0.889. The third kappa shape index (κ3) is 2.45. The second-order valence-corrected chi connectivity index (χ2v) is 5.05. The van der Waals surface area contributed by atoms with Crippen LogP contribution < -0.4 is 4.90 Å². The monoisotopic (exact) mass is 298 g/mol. The topological polar surface area (TPSA) is 43.8 Å². The lowest BCUT2D eigenvalue weighted by Crippen LogP contribution is -2.57. The third-order valence-electron chi connectivity index (χ3n) is 3.03. The number of aliphatic hydroxyl groups is 1. The standard InChI is InChI=1S/C12H15BrN2O2/c1-14-5-6-15(11(8-16)12(14)17)10-4-2-3-9(13)7-10/h2-4,7,11,16H,5-6,8H2,1H3. The van der Waals surface area contributed by atoms with Gasteiger partial charge in [-0.2, -0.15) is 0 Å². The van der Waals surface area contributed by atoms with Gasteiger partial charge in [0.05, 0.1) is 6.61 Å². The van der Waals surface area contributed by atoms with Gasteiger partial charge in [0.2, 0.25) is 5.91 Å². The number of halogens is 1. The van der Waals surface area contributed by atoms with E-state index in [1.54, 1.807) is 11.9 Å². The zero-order valence-corrected chi connectivity index (χ0v) is 11.2. The highest BCUT2D eigenvalue weighted by Crippen LogP contribution is 2.24. The number of amides is 1. The van der Waals surface area contributed by atoms with Crippen molar-refractivity contribution in [1.82, 2.24) is 4.90 Å². The maximum Gasteiger partial charge on any atom is 0.247 e.